The van der Waals surface area contributed by atoms with Crippen molar-refractivity contribution in [1.29, 1.82) is 0 Å². The Balaban J connectivity index is 1.87. The number of hydrogen-bond acceptors (Lipinski definition) is 4. The Morgan fingerprint density at radius 1 is 1.38 bits per heavy atom. The number of ether oxygens (including phenoxy) is 2. The average Bonchev–Trinajstić information content (AvgIpc) is 3.10. The molecule has 2 rings (SSSR count). The van der Waals surface area contributed by atoms with Gasteiger partial charge in [0.05, 0.1) is 12.7 Å². The molecule has 1 aromatic carbocycles. The number of hydrogen-bond donors (Lipinski definition) is 1. The van der Waals surface area contributed by atoms with Crippen molar-refractivity contribution in [2.24, 2.45) is 0 Å². The van der Waals surface area contributed by atoms with Crippen LogP contribution in [0.25, 0.3) is 0 Å². The van der Waals surface area contributed by atoms with E-state index in [1.165, 1.54) is 4.90 Å². The smallest absolute Gasteiger partial charge is 0.323 e. The lowest BCUT2D eigenvalue weighted by molar-refractivity contribution is -0.151. The molecule has 24 heavy (non-hydrogen) atoms. The van der Waals surface area contributed by atoms with E-state index in [4.69, 9.17) is 14.6 Å². The highest BCUT2D eigenvalue weighted by atomic mass is 16.5. The molecule has 0 aliphatic carbocycles. The topological polar surface area (TPSA) is 76.1 Å². The summed E-state index contributed by atoms with van der Waals surface area (Å²) >= 11 is 0. The summed E-state index contributed by atoms with van der Waals surface area (Å²) in [5, 5.41) is 9.06. The van der Waals surface area contributed by atoms with Crippen molar-refractivity contribution in [3.05, 3.63) is 35.9 Å². The van der Waals surface area contributed by atoms with E-state index in [-0.39, 0.29) is 18.6 Å². The molecule has 1 aliphatic heterocycles. The molecule has 2 atom stereocenters. The van der Waals surface area contributed by atoms with Gasteiger partial charge < -0.3 is 19.5 Å². The van der Waals surface area contributed by atoms with E-state index in [1.54, 1.807) is 6.92 Å². The van der Waals surface area contributed by atoms with Gasteiger partial charge in [-0.1, -0.05) is 30.3 Å². The maximum Gasteiger partial charge on any atom is 0.323 e. The predicted octanol–water partition coefficient (Wildman–Crippen LogP) is 1.73. The Bertz CT molecular complexity index is 527. The SMILES string of the molecule is CC(OCC1CCCO1)C(=O)N(CCc1ccccc1)CC(=O)O. The van der Waals surface area contributed by atoms with Gasteiger partial charge in [-0.2, -0.15) is 0 Å². The minimum atomic E-state index is -1.03. The van der Waals surface area contributed by atoms with E-state index in [9.17, 15) is 9.59 Å². The molecule has 132 valence electrons. The van der Waals surface area contributed by atoms with Crippen LogP contribution in [0.15, 0.2) is 30.3 Å². The van der Waals surface area contributed by atoms with Gasteiger partial charge in [0.25, 0.3) is 5.91 Å². The summed E-state index contributed by atoms with van der Waals surface area (Å²) < 4.78 is 11.1. The van der Waals surface area contributed by atoms with E-state index in [0.29, 0.717) is 19.6 Å². The Hall–Kier alpha value is -1.92. The first-order chi connectivity index (χ1) is 11.6. The first kappa shape index (κ1) is 18.4. The molecule has 0 saturated carbocycles. The summed E-state index contributed by atoms with van der Waals surface area (Å²) in [5.41, 5.74) is 1.06. The molecule has 0 radical (unpaired) electrons. The number of carbonyl (C=O) groups is 2. The summed E-state index contributed by atoms with van der Waals surface area (Å²) in [6.45, 7) is 2.79. The molecule has 6 heteroatoms. The van der Waals surface area contributed by atoms with Crippen LogP contribution in [0.2, 0.25) is 0 Å². The average molecular weight is 335 g/mol. The van der Waals surface area contributed by atoms with Crippen molar-refractivity contribution in [2.45, 2.75) is 38.4 Å². The minimum absolute atomic E-state index is 0.0393. The number of carboxylic acids is 1. The lowest BCUT2D eigenvalue weighted by Crippen LogP contribution is -2.43. The molecule has 0 spiro atoms. The maximum atomic E-state index is 12.5. The number of benzene rings is 1. The Morgan fingerprint density at radius 3 is 2.75 bits per heavy atom. The third-order valence-corrected chi connectivity index (χ3v) is 4.05. The normalized spacial score (nSPS) is 18.3. The summed E-state index contributed by atoms with van der Waals surface area (Å²) in [6, 6.07) is 9.68. The zero-order valence-electron chi connectivity index (χ0n) is 14.0. The second-order valence-electron chi connectivity index (χ2n) is 6.00. The van der Waals surface area contributed by atoms with Gasteiger partial charge in [0.2, 0.25) is 0 Å². The first-order valence-corrected chi connectivity index (χ1v) is 8.34. The molecule has 1 heterocycles. The molecular formula is C18H25NO5. The lowest BCUT2D eigenvalue weighted by atomic mass is 10.1. The van der Waals surface area contributed by atoms with Crippen LogP contribution in [0, 0.1) is 0 Å². The van der Waals surface area contributed by atoms with Gasteiger partial charge >= 0.3 is 5.97 Å². The van der Waals surface area contributed by atoms with E-state index >= 15 is 0 Å². The minimum Gasteiger partial charge on any atom is -0.480 e. The van der Waals surface area contributed by atoms with Gasteiger partial charge in [-0.3, -0.25) is 9.59 Å². The standard InChI is InChI=1S/C18H25NO5/c1-14(24-13-16-8-5-11-23-16)18(22)19(12-17(20)21)10-9-15-6-3-2-4-7-15/h2-4,6-7,14,16H,5,8-13H2,1H3,(H,20,21). The second-order valence-corrected chi connectivity index (χ2v) is 6.00. The lowest BCUT2D eigenvalue weighted by Gasteiger charge is -2.25. The van der Waals surface area contributed by atoms with E-state index < -0.39 is 12.1 Å². The van der Waals surface area contributed by atoms with E-state index in [1.807, 2.05) is 30.3 Å². The fourth-order valence-electron chi connectivity index (χ4n) is 2.70. The van der Waals surface area contributed by atoms with Crippen LogP contribution in [0.4, 0.5) is 0 Å². The molecule has 0 aromatic heterocycles. The fraction of sp³-hybridized carbons (Fsp3) is 0.556. The number of aliphatic carboxylic acids is 1. The van der Waals surface area contributed by atoms with Gasteiger partial charge in [-0.25, -0.2) is 0 Å². The molecular weight excluding hydrogens is 310 g/mol. The molecule has 1 amide bonds. The van der Waals surface area contributed by atoms with E-state index in [2.05, 4.69) is 0 Å². The number of amides is 1. The monoisotopic (exact) mass is 335 g/mol. The predicted molar refractivity (Wildman–Crippen MR) is 88.7 cm³/mol. The molecule has 0 bridgehead atoms. The number of carbonyl (C=O) groups excluding carboxylic acids is 1. The van der Waals surface area contributed by atoms with Crippen molar-refractivity contribution in [1.82, 2.24) is 4.90 Å². The van der Waals surface area contributed by atoms with Gasteiger partial charge in [0.15, 0.2) is 0 Å². The quantitative estimate of drug-likeness (QED) is 0.744. The Morgan fingerprint density at radius 2 is 2.12 bits per heavy atom. The summed E-state index contributed by atoms with van der Waals surface area (Å²) in [4.78, 5) is 24.9. The second kappa shape index (κ2) is 9.39. The fourth-order valence-corrected chi connectivity index (χ4v) is 2.70. The highest BCUT2D eigenvalue weighted by Crippen LogP contribution is 2.13. The van der Waals surface area contributed by atoms with Crippen LogP contribution in [0.1, 0.15) is 25.3 Å². The Kier molecular flexibility index (Phi) is 7.21. The molecule has 1 saturated heterocycles. The van der Waals surface area contributed by atoms with Crippen LogP contribution in [0.3, 0.4) is 0 Å². The van der Waals surface area contributed by atoms with Crippen molar-refractivity contribution in [2.75, 3.05) is 26.3 Å². The number of carboxylic acid groups (broad SMARTS) is 1. The molecule has 6 nitrogen and oxygen atoms in total. The van der Waals surface area contributed by atoms with Crippen LogP contribution in [-0.4, -0.2) is 60.4 Å². The molecule has 1 aromatic rings. The summed E-state index contributed by atoms with van der Waals surface area (Å²) in [5.74, 6) is -1.32. The zero-order chi connectivity index (χ0) is 17.4. The molecule has 1 fully saturated rings. The van der Waals surface area contributed by atoms with Crippen LogP contribution in [-0.2, 0) is 25.5 Å². The highest BCUT2D eigenvalue weighted by Gasteiger charge is 2.25. The maximum absolute atomic E-state index is 12.5. The molecule has 2 unspecified atom stereocenters. The van der Waals surface area contributed by atoms with Crippen LogP contribution in [0.5, 0.6) is 0 Å². The number of rotatable bonds is 9. The summed E-state index contributed by atoms with van der Waals surface area (Å²) in [7, 11) is 0. The zero-order valence-corrected chi connectivity index (χ0v) is 14.0. The van der Waals surface area contributed by atoms with Gasteiger partial charge in [-0.05, 0) is 31.7 Å². The summed E-state index contributed by atoms with van der Waals surface area (Å²) in [6.07, 6.45) is 1.92. The van der Waals surface area contributed by atoms with E-state index in [0.717, 1.165) is 25.0 Å². The number of nitrogens with zero attached hydrogens (tertiary/aromatic N) is 1. The largest absolute Gasteiger partial charge is 0.480 e. The Labute approximate surface area is 142 Å². The van der Waals surface area contributed by atoms with Gasteiger partial charge in [0, 0.05) is 13.2 Å². The van der Waals surface area contributed by atoms with Crippen molar-refractivity contribution in [3.8, 4) is 0 Å². The highest BCUT2D eigenvalue weighted by molar-refractivity contribution is 5.84. The van der Waals surface area contributed by atoms with Crippen molar-refractivity contribution >= 4 is 11.9 Å². The van der Waals surface area contributed by atoms with Crippen molar-refractivity contribution < 1.29 is 24.2 Å². The molecule has 1 aliphatic rings. The first-order valence-electron chi connectivity index (χ1n) is 8.34. The van der Waals surface area contributed by atoms with Crippen LogP contribution < -0.4 is 0 Å². The third-order valence-electron chi connectivity index (χ3n) is 4.05. The van der Waals surface area contributed by atoms with Crippen molar-refractivity contribution in [3.63, 3.8) is 0 Å². The van der Waals surface area contributed by atoms with Crippen LogP contribution >= 0.6 is 0 Å². The van der Waals surface area contributed by atoms with Gasteiger partial charge in [-0.15, -0.1) is 0 Å². The molecule has 1 N–H and O–H groups in total. The third kappa shape index (κ3) is 5.94. The van der Waals surface area contributed by atoms with Gasteiger partial charge in [0.1, 0.15) is 12.6 Å².